The lowest BCUT2D eigenvalue weighted by molar-refractivity contribution is -0.123. The second-order valence-corrected chi connectivity index (χ2v) is 6.93. The molecule has 120 valence electrons. The van der Waals surface area contributed by atoms with Gasteiger partial charge in [-0.15, -0.1) is 11.3 Å². The third-order valence-corrected chi connectivity index (χ3v) is 5.06. The van der Waals surface area contributed by atoms with Crippen molar-refractivity contribution in [2.24, 2.45) is 0 Å². The predicted molar refractivity (Wildman–Crippen MR) is 89.4 cm³/mol. The maximum absolute atomic E-state index is 12.6. The number of aryl methyl sites for hydroxylation is 2. The monoisotopic (exact) mass is 329 g/mol. The van der Waals surface area contributed by atoms with Crippen molar-refractivity contribution < 1.29 is 9.59 Å². The van der Waals surface area contributed by atoms with Crippen molar-refractivity contribution in [1.29, 1.82) is 0 Å². The highest BCUT2D eigenvalue weighted by Gasteiger charge is 2.31. The molecule has 0 aliphatic carbocycles. The number of rotatable bonds is 3. The van der Waals surface area contributed by atoms with Gasteiger partial charge in [-0.1, -0.05) is 30.3 Å². The molecule has 2 N–H and O–H groups in total. The molecule has 1 saturated heterocycles. The first kappa shape index (κ1) is 15.7. The molecule has 2 amide bonds. The Hall–Kier alpha value is -2.21. The van der Waals surface area contributed by atoms with E-state index in [9.17, 15) is 9.59 Å². The fourth-order valence-corrected chi connectivity index (χ4v) is 3.73. The first-order valence-electron chi connectivity index (χ1n) is 7.64. The molecule has 0 radical (unpaired) electrons. The second-order valence-electron chi connectivity index (χ2n) is 5.72. The molecule has 2 heterocycles. The van der Waals surface area contributed by atoms with Gasteiger partial charge < -0.3 is 10.6 Å². The zero-order valence-electron chi connectivity index (χ0n) is 13.1. The SMILES string of the molecule is Cc1nc(C)c(C(=O)N[C@@H]2CCC(=O)N[C@H]2c2ccccc2)s1. The number of benzene rings is 1. The van der Waals surface area contributed by atoms with Crippen molar-refractivity contribution in [3.8, 4) is 0 Å². The van der Waals surface area contributed by atoms with Gasteiger partial charge in [0.05, 0.1) is 22.8 Å². The van der Waals surface area contributed by atoms with Gasteiger partial charge >= 0.3 is 0 Å². The average Bonchev–Trinajstić information content (AvgIpc) is 2.88. The van der Waals surface area contributed by atoms with Gasteiger partial charge in [0.1, 0.15) is 4.88 Å². The maximum Gasteiger partial charge on any atom is 0.263 e. The number of nitrogens with one attached hydrogen (secondary N) is 2. The Kier molecular flexibility index (Phi) is 4.43. The number of thiazole rings is 1. The molecule has 0 bridgehead atoms. The molecular formula is C17H19N3O2S. The standard InChI is InChI=1S/C17H19N3O2S/c1-10-16(23-11(2)18-10)17(22)19-13-8-9-14(21)20-15(13)12-6-4-3-5-7-12/h3-7,13,15H,8-9H2,1-2H3,(H,19,22)(H,20,21)/t13-,15+/m1/s1. The summed E-state index contributed by atoms with van der Waals surface area (Å²) in [5.41, 5.74) is 1.75. The number of carbonyl (C=O) groups excluding carboxylic acids is 2. The number of carbonyl (C=O) groups is 2. The maximum atomic E-state index is 12.6. The smallest absolute Gasteiger partial charge is 0.263 e. The third kappa shape index (κ3) is 3.42. The van der Waals surface area contributed by atoms with Crippen LogP contribution in [0.25, 0.3) is 0 Å². The molecule has 1 aromatic carbocycles. The van der Waals surface area contributed by atoms with Gasteiger partial charge in [-0.2, -0.15) is 0 Å². The summed E-state index contributed by atoms with van der Waals surface area (Å²) < 4.78 is 0. The van der Waals surface area contributed by atoms with Crippen LogP contribution in [0.3, 0.4) is 0 Å². The highest BCUT2D eigenvalue weighted by molar-refractivity contribution is 7.13. The van der Waals surface area contributed by atoms with Gasteiger partial charge in [0, 0.05) is 6.42 Å². The molecule has 3 rings (SSSR count). The summed E-state index contributed by atoms with van der Waals surface area (Å²) in [7, 11) is 0. The Morgan fingerprint density at radius 1 is 1.30 bits per heavy atom. The van der Waals surface area contributed by atoms with Gasteiger partial charge in [-0.05, 0) is 25.8 Å². The van der Waals surface area contributed by atoms with Crippen LogP contribution in [0, 0.1) is 13.8 Å². The van der Waals surface area contributed by atoms with Crippen LogP contribution in [-0.4, -0.2) is 22.8 Å². The number of amides is 2. The molecule has 6 heteroatoms. The quantitative estimate of drug-likeness (QED) is 0.909. The van der Waals surface area contributed by atoms with E-state index in [1.54, 1.807) is 0 Å². The van der Waals surface area contributed by atoms with Gasteiger partial charge in [-0.25, -0.2) is 4.98 Å². The molecule has 1 aromatic heterocycles. The first-order valence-corrected chi connectivity index (χ1v) is 8.45. The van der Waals surface area contributed by atoms with E-state index in [0.29, 0.717) is 17.7 Å². The first-order chi connectivity index (χ1) is 11.0. The number of hydrogen-bond acceptors (Lipinski definition) is 4. The number of nitrogens with zero attached hydrogens (tertiary/aromatic N) is 1. The Bertz CT molecular complexity index is 727. The van der Waals surface area contributed by atoms with E-state index >= 15 is 0 Å². The van der Waals surface area contributed by atoms with Gasteiger partial charge in [0.25, 0.3) is 5.91 Å². The van der Waals surface area contributed by atoms with Gasteiger partial charge in [0.15, 0.2) is 0 Å². The summed E-state index contributed by atoms with van der Waals surface area (Å²) in [6.45, 7) is 3.73. The zero-order chi connectivity index (χ0) is 16.4. The largest absolute Gasteiger partial charge is 0.347 e. The van der Waals surface area contributed by atoms with Gasteiger partial charge in [-0.3, -0.25) is 9.59 Å². The summed E-state index contributed by atoms with van der Waals surface area (Å²) in [6, 6.07) is 9.43. The van der Waals surface area contributed by atoms with Crippen LogP contribution in [0.15, 0.2) is 30.3 Å². The minimum absolute atomic E-state index is 0.0224. The minimum Gasteiger partial charge on any atom is -0.347 e. The molecule has 2 atom stereocenters. The van der Waals surface area contributed by atoms with E-state index in [1.165, 1.54) is 11.3 Å². The van der Waals surface area contributed by atoms with Crippen LogP contribution in [-0.2, 0) is 4.79 Å². The number of piperidine rings is 1. The van der Waals surface area contributed by atoms with Crippen LogP contribution in [0.1, 0.15) is 44.8 Å². The topological polar surface area (TPSA) is 71.1 Å². The molecule has 0 saturated carbocycles. The Morgan fingerprint density at radius 3 is 2.70 bits per heavy atom. The van der Waals surface area contributed by atoms with E-state index in [1.807, 2.05) is 44.2 Å². The molecular weight excluding hydrogens is 310 g/mol. The van der Waals surface area contributed by atoms with Crippen LogP contribution in [0.2, 0.25) is 0 Å². The molecule has 1 fully saturated rings. The van der Waals surface area contributed by atoms with Crippen LogP contribution in [0.4, 0.5) is 0 Å². The molecule has 0 unspecified atom stereocenters. The summed E-state index contributed by atoms with van der Waals surface area (Å²) in [4.78, 5) is 29.3. The Morgan fingerprint density at radius 2 is 2.04 bits per heavy atom. The fraction of sp³-hybridized carbons (Fsp3) is 0.353. The molecule has 5 nitrogen and oxygen atoms in total. The summed E-state index contributed by atoms with van der Waals surface area (Å²) in [5.74, 6) is -0.0932. The van der Waals surface area contributed by atoms with Crippen LogP contribution in [0.5, 0.6) is 0 Å². The van der Waals surface area contributed by atoms with E-state index in [4.69, 9.17) is 0 Å². The lowest BCUT2D eigenvalue weighted by Crippen LogP contribution is -2.50. The van der Waals surface area contributed by atoms with Gasteiger partial charge in [0.2, 0.25) is 5.91 Å². The van der Waals surface area contributed by atoms with Crippen molar-refractivity contribution in [2.75, 3.05) is 0 Å². The average molecular weight is 329 g/mol. The highest BCUT2D eigenvalue weighted by atomic mass is 32.1. The summed E-state index contributed by atoms with van der Waals surface area (Å²) in [5, 5.41) is 6.95. The second kappa shape index (κ2) is 6.50. The Balaban J connectivity index is 1.80. The lowest BCUT2D eigenvalue weighted by Gasteiger charge is -2.33. The number of hydrogen-bond donors (Lipinski definition) is 2. The van der Waals surface area contributed by atoms with E-state index in [0.717, 1.165) is 16.3 Å². The fourth-order valence-electron chi connectivity index (χ4n) is 2.91. The predicted octanol–water partition coefficient (Wildman–Crippen LogP) is 2.51. The molecule has 1 aliphatic rings. The van der Waals surface area contributed by atoms with Crippen molar-refractivity contribution in [3.05, 3.63) is 51.5 Å². The molecule has 1 aliphatic heterocycles. The Labute approximate surface area is 139 Å². The van der Waals surface area contributed by atoms with Crippen molar-refractivity contribution in [2.45, 2.75) is 38.8 Å². The van der Waals surface area contributed by atoms with Crippen molar-refractivity contribution in [3.63, 3.8) is 0 Å². The lowest BCUT2D eigenvalue weighted by atomic mass is 9.92. The van der Waals surface area contributed by atoms with E-state index in [2.05, 4.69) is 15.6 Å². The summed E-state index contributed by atoms with van der Waals surface area (Å²) >= 11 is 1.40. The minimum atomic E-state index is -0.198. The van der Waals surface area contributed by atoms with Crippen molar-refractivity contribution >= 4 is 23.2 Å². The molecule has 0 spiro atoms. The van der Waals surface area contributed by atoms with E-state index in [-0.39, 0.29) is 23.9 Å². The van der Waals surface area contributed by atoms with Crippen LogP contribution < -0.4 is 10.6 Å². The third-order valence-electron chi connectivity index (χ3n) is 3.99. The van der Waals surface area contributed by atoms with E-state index < -0.39 is 0 Å². The normalized spacial score (nSPS) is 20.9. The molecule has 23 heavy (non-hydrogen) atoms. The zero-order valence-corrected chi connectivity index (χ0v) is 13.9. The van der Waals surface area contributed by atoms with Crippen LogP contribution >= 0.6 is 11.3 Å². The number of aromatic nitrogens is 1. The molecule has 2 aromatic rings. The summed E-state index contributed by atoms with van der Waals surface area (Å²) in [6.07, 6.45) is 1.06. The van der Waals surface area contributed by atoms with Crippen molar-refractivity contribution in [1.82, 2.24) is 15.6 Å². The highest BCUT2D eigenvalue weighted by Crippen LogP contribution is 2.25.